The number of benzene rings is 3. The number of rotatable bonds is 10. The molecule has 0 spiro atoms. The maximum absolute atomic E-state index is 13.4. The molecule has 0 radical (unpaired) electrons. The number of aryl methyl sites for hydroxylation is 1. The van der Waals surface area contributed by atoms with Crippen molar-refractivity contribution in [1.82, 2.24) is 24.7 Å². The summed E-state index contributed by atoms with van der Waals surface area (Å²) in [5, 5.41) is 16.0. The molecule has 6 aromatic rings. The van der Waals surface area contributed by atoms with Gasteiger partial charge < -0.3 is 15.4 Å². The lowest BCUT2D eigenvalue weighted by Crippen LogP contribution is -2.21. The minimum atomic E-state index is -0.368. The van der Waals surface area contributed by atoms with E-state index in [-0.39, 0.29) is 17.5 Å². The predicted octanol–water partition coefficient (Wildman–Crippen LogP) is 8.26. The van der Waals surface area contributed by atoms with Crippen LogP contribution < -0.4 is 20.7 Å². The molecule has 48 heavy (non-hydrogen) atoms. The molecule has 0 fully saturated rings. The second-order valence-electron chi connectivity index (χ2n) is 12.7. The number of carbonyl (C=O) groups is 1. The Bertz CT molecular complexity index is 2020. The highest BCUT2D eigenvalue weighted by atomic mass is 16.5. The fraction of sp³-hybridized carbons (Fsp3) is 0.237. The van der Waals surface area contributed by atoms with Crippen LogP contribution in [-0.4, -0.2) is 37.4 Å². The van der Waals surface area contributed by atoms with Crippen molar-refractivity contribution in [3.05, 3.63) is 126 Å². The second kappa shape index (κ2) is 13.9. The number of nitrogens with zero attached hydrogens (tertiary/aromatic N) is 5. The molecule has 1 unspecified atom stereocenters. The molecule has 6 rings (SSSR count). The van der Waals surface area contributed by atoms with E-state index < -0.39 is 0 Å². The zero-order chi connectivity index (χ0) is 33.7. The van der Waals surface area contributed by atoms with Crippen LogP contribution in [0, 0.1) is 6.92 Å². The van der Waals surface area contributed by atoms with Gasteiger partial charge in [-0.1, -0.05) is 68.8 Å². The van der Waals surface area contributed by atoms with Crippen LogP contribution in [-0.2, 0) is 11.8 Å². The van der Waals surface area contributed by atoms with Crippen molar-refractivity contribution >= 4 is 34.3 Å². The number of hydrogen-bond donors (Lipinski definition) is 3. The smallest absolute Gasteiger partial charge is 0.324 e. The van der Waals surface area contributed by atoms with Crippen molar-refractivity contribution in [2.75, 3.05) is 22.6 Å². The van der Waals surface area contributed by atoms with Crippen LogP contribution in [0.25, 0.3) is 16.5 Å². The Labute approximate surface area is 280 Å². The van der Waals surface area contributed by atoms with Gasteiger partial charge in [0.1, 0.15) is 11.6 Å². The molecule has 244 valence electrons. The first-order valence-electron chi connectivity index (χ1n) is 16.0. The molecule has 0 aliphatic carbocycles. The summed E-state index contributed by atoms with van der Waals surface area (Å²) in [7, 11) is 0. The van der Waals surface area contributed by atoms with E-state index in [0.717, 1.165) is 44.9 Å². The minimum Gasteiger partial charge on any atom is -0.493 e. The summed E-state index contributed by atoms with van der Waals surface area (Å²) in [6, 6.07) is 28.9. The molecular weight excluding hydrogens is 600 g/mol. The maximum atomic E-state index is 13.4. The average Bonchev–Trinajstić information content (AvgIpc) is 3.51. The number of carbonyl (C=O) groups excluding carboxylic acids is 1. The first kappa shape index (κ1) is 32.2. The summed E-state index contributed by atoms with van der Waals surface area (Å²) in [5.74, 6) is 1.85. The summed E-state index contributed by atoms with van der Waals surface area (Å²) in [4.78, 5) is 26.8. The Morgan fingerprint density at radius 1 is 0.875 bits per heavy atom. The number of fused-ring (bicyclic) bond motifs is 1. The highest BCUT2D eigenvalue weighted by Crippen LogP contribution is 2.32. The molecular formula is C38H40N8O2. The Kier molecular flexibility index (Phi) is 9.33. The van der Waals surface area contributed by atoms with Gasteiger partial charge in [0.25, 0.3) is 0 Å². The number of nitrogens with one attached hydrogen (secondary N) is 3. The molecule has 10 nitrogen and oxygen atoms in total. The van der Waals surface area contributed by atoms with Gasteiger partial charge in [-0.25, -0.2) is 19.4 Å². The zero-order valence-electron chi connectivity index (χ0n) is 27.9. The zero-order valence-corrected chi connectivity index (χ0v) is 27.9. The number of aromatic nitrogens is 5. The first-order valence-corrected chi connectivity index (χ1v) is 16.0. The van der Waals surface area contributed by atoms with E-state index in [1.54, 1.807) is 17.1 Å². The summed E-state index contributed by atoms with van der Waals surface area (Å²) in [6.45, 7) is 10.8. The molecule has 0 bridgehead atoms. The summed E-state index contributed by atoms with van der Waals surface area (Å²) >= 11 is 0. The third kappa shape index (κ3) is 7.60. The lowest BCUT2D eigenvalue weighted by atomic mass is 9.92. The number of pyridine rings is 1. The van der Waals surface area contributed by atoms with Crippen LogP contribution in [0.2, 0.25) is 0 Å². The largest absolute Gasteiger partial charge is 0.493 e. The van der Waals surface area contributed by atoms with E-state index in [2.05, 4.69) is 51.7 Å². The topological polar surface area (TPSA) is 119 Å². The Morgan fingerprint density at radius 2 is 1.65 bits per heavy atom. The van der Waals surface area contributed by atoms with Crippen molar-refractivity contribution in [3.63, 3.8) is 0 Å². The van der Waals surface area contributed by atoms with Crippen molar-refractivity contribution in [1.29, 1.82) is 0 Å². The van der Waals surface area contributed by atoms with E-state index in [0.29, 0.717) is 30.5 Å². The molecule has 0 aliphatic rings. The average molecular weight is 641 g/mol. The van der Waals surface area contributed by atoms with Gasteiger partial charge >= 0.3 is 6.03 Å². The lowest BCUT2D eigenvalue weighted by Gasteiger charge is -2.15. The Hall–Kier alpha value is -5.77. The van der Waals surface area contributed by atoms with Crippen LogP contribution in [0.15, 0.2) is 103 Å². The highest BCUT2D eigenvalue weighted by molar-refractivity contribution is 6.07. The predicted molar refractivity (Wildman–Crippen MR) is 191 cm³/mol. The van der Waals surface area contributed by atoms with Gasteiger partial charge in [-0.2, -0.15) is 5.10 Å². The molecule has 0 aliphatic heterocycles. The molecule has 10 heteroatoms. The normalized spacial score (nSPS) is 12.0. The third-order valence-electron chi connectivity index (χ3n) is 7.94. The fourth-order valence-corrected chi connectivity index (χ4v) is 5.27. The van der Waals surface area contributed by atoms with Crippen LogP contribution >= 0.6 is 0 Å². The third-order valence-corrected chi connectivity index (χ3v) is 7.94. The number of urea groups is 1. The fourth-order valence-electron chi connectivity index (χ4n) is 5.27. The van der Waals surface area contributed by atoms with E-state index in [4.69, 9.17) is 9.84 Å². The van der Waals surface area contributed by atoms with E-state index in [1.165, 1.54) is 0 Å². The monoisotopic (exact) mass is 640 g/mol. The number of hydrogen-bond acceptors (Lipinski definition) is 7. The molecule has 3 N–H and O–H groups in total. The van der Waals surface area contributed by atoms with Crippen LogP contribution in [0.4, 0.5) is 22.2 Å². The molecule has 3 heterocycles. The van der Waals surface area contributed by atoms with Gasteiger partial charge in [-0.05, 0) is 56.3 Å². The number of anilines is 3. The van der Waals surface area contributed by atoms with Gasteiger partial charge in [-0.15, -0.1) is 0 Å². The van der Waals surface area contributed by atoms with Crippen molar-refractivity contribution in [2.24, 2.45) is 0 Å². The highest BCUT2D eigenvalue weighted by Gasteiger charge is 2.22. The van der Waals surface area contributed by atoms with Gasteiger partial charge in [0.2, 0.25) is 5.95 Å². The Morgan fingerprint density at radius 3 is 2.40 bits per heavy atom. The summed E-state index contributed by atoms with van der Waals surface area (Å²) in [5.41, 5.74) is 5.14. The summed E-state index contributed by atoms with van der Waals surface area (Å²) in [6.07, 6.45) is 4.11. The van der Waals surface area contributed by atoms with Crippen LogP contribution in [0.5, 0.6) is 5.75 Å². The first-order chi connectivity index (χ1) is 23.1. The maximum Gasteiger partial charge on any atom is 0.324 e. The van der Waals surface area contributed by atoms with Gasteiger partial charge in [-0.3, -0.25) is 10.3 Å². The molecule has 1 atom stereocenters. The lowest BCUT2D eigenvalue weighted by molar-refractivity contribution is 0.262. The van der Waals surface area contributed by atoms with E-state index >= 15 is 0 Å². The van der Waals surface area contributed by atoms with Crippen LogP contribution in [0.1, 0.15) is 56.4 Å². The SMILES string of the molecule is Cc1ccc(-n2nc(C(C)(C)C)cc2NC(=O)Nc2ccc(OCCc3ccnc(NC(C)c4ccccn4)n3)c3ccccc23)cc1. The number of ether oxygens (including phenoxy) is 1. The molecule has 3 aromatic carbocycles. The van der Waals surface area contributed by atoms with Gasteiger partial charge in [0, 0.05) is 46.8 Å². The van der Waals surface area contributed by atoms with Crippen LogP contribution in [0.3, 0.4) is 0 Å². The van der Waals surface area contributed by atoms with Gasteiger partial charge in [0.05, 0.1) is 35.4 Å². The summed E-state index contributed by atoms with van der Waals surface area (Å²) < 4.78 is 8.02. The molecule has 0 saturated heterocycles. The van der Waals surface area contributed by atoms with Crippen molar-refractivity contribution in [3.8, 4) is 11.4 Å². The second-order valence-corrected chi connectivity index (χ2v) is 12.7. The quantitative estimate of drug-likeness (QED) is 0.138. The molecule has 2 amide bonds. The Balaban J connectivity index is 1.13. The van der Waals surface area contributed by atoms with Gasteiger partial charge in [0.15, 0.2) is 0 Å². The minimum absolute atomic E-state index is 0.0328. The standard InChI is InChI=1S/C38H40N8O2/c1-25-13-15-28(16-14-25)46-35(24-34(45-46)38(3,4)5)44-37(47)43-32-17-18-33(30-11-7-6-10-29(30)32)48-23-20-27-19-22-40-36(42-27)41-26(2)31-12-8-9-21-39-31/h6-19,21-22,24,26H,20,23H2,1-5H3,(H,40,41,42)(H2,43,44,47). The van der Waals surface area contributed by atoms with Crippen molar-refractivity contribution < 1.29 is 9.53 Å². The van der Waals surface area contributed by atoms with Crippen molar-refractivity contribution in [2.45, 2.75) is 52.5 Å². The molecule has 3 aromatic heterocycles. The van der Waals surface area contributed by atoms with E-state index in [1.807, 2.05) is 105 Å². The number of amides is 2. The van der Waals surface area contributed by atoms with E-state index in [9.17, 15) is 4.79 Å². The molecule has 0 saturated carbocycles.